The van der Waals surface area contributed by atoms with Crippen LogP contribution < -0.4 is 19.7 Å². The van der Waals surface area contributed by atoms with Gasteiger partial charge in [-0.3, -0.25) is 4.79 Å². The third kappa shape index (κ3) is 4.10. The lowest BCUT2D eigenvalue weighted by Gasteiger charge is -2.43. The van der Waals surface area contributed by atoms with Crippen molar-refractivity contribution in [3.8, 4) is 11.5 Å². The highest BCUT2D eigenvalue weighted by Gasteiger charge is 2.44. The second-order valence-corrected chi connectivity index (χ2v) is 9.39. The Kier molecular flexibility index (Phi) is 5.70. The molecule has 3 aromatic carbocycles. The van der Waals surface area contributed by atoms with Gasteiger partial charge < -0.3 is 24.8 Å². The van der Waals surface area contributed by atoms with E-state index in [0.29, 0.717) is 25.3 Å². The summed E-state index contributed by atoms with van der Waals surface area (Å²) in [5.74, 6) is 1.57. The number of rotatable bonds is 6. The molecule has 0 fully saturated rings. The number of hydrogen-bond acceptors (Lipinski definition) is 5. The minimum Gasteiger partial charge on any atom is -0.494 e. The molecule has 2 aliphatic heterocycles. The average Bonchev–Trinajstić information content (AvgIpc) is 3.11. The Hall–Kier alpha value is -3.51. The van der Waals surface area contributed by atoms with E-state index in [1.165, 1.54) is 0 Å². The monoisotopic (exact) mass is 458 g/mol. The van der Waals surface area contributed by atoms with E-state index in [1.807, 2.05) is 92.4 Å². The van der Waals surface area contributed by atoms with Crippen LogP contribution in [-0.4, -0.2) is 29.3 Å². The van der Waals surface area contributed by atoms with Crippen LogP contribution in [0.4, 0.5) is 11.4 Å². The highest BCUT2D eigenvalue weighted by molar-refractivity contribution is 6.01. The molecule has 0 saturated heterocycles. The van der Waals surface area contributed by atoms with Crippen molar-refractivity contribution >= 4 is 17.3 Å². The normalized spacial score (nSPS) is 20.4. The Labute approximate surface area is 200 Å². The molecule has 2 heterocycles. The predicted molar refractivity (Wildman–Crippen MR) is 132 cm³/mol. The van der Waals surface area contributed by atoms with Crippen LogP contribution in [0.5, 0.6) is 11.5 Å². The van der Waals surface area contributed by atoms with E-state index in [9.17, 15) is 9.90 Å². The first-order valence-electron chi connectivity index (χ1n) is 11.7. The summed E-state index contributed by atoms with van der Waals surface area (Å²) in [6.07, 6.45) is -0.456. The molecule has 1 amide bonds. The zero-order valence-corrected chi connectivity index (χ0v) is 19.7. The second kappa shape index (κ2) is 8.69. The Morgan fingerprint density at radius 1 is 1.12 bits per heavy atom. The molecule has 2 unspecified atom stereocenters. The number of fused-ring (bicyclic) bond motifs is 2. The van der Waals surface area contributed by atoms with E-state index >= 15 is 0 Å². The van der Waals surface area contributed by atoms with Crippen LogP contribution in [0.2, 0.25) is 0 Å². The maximum Gasteiger partial charge on any atom is 0.231 e. The summed E-state index contributed by atoms with van der Waals surface area (Å²) in [5, 5.41) is 14.7. The molecule has 3 aromatic rings. The van der Waals surface area contributed by atoms with Gasteiger partial charge in [0.1, 0.15) is 23.2 Å². The van der Waals surface area contributed by atoms with E-state index in [1.54, 1.807) is 0 Å². The minimum absolute atomic E-state index is 0.0667. The Morgan fingerprint density at radius 3 is 2.56 bits per heavy atom. The summed E-state index contributed by atoms with van der Waals surface area (Å²) in [4.78, 5) is 14.7. The number of nitrogens with zero attached hydrogens (tertiary/aromatic N) is 1. The van der Waals surface area contributed by atoms with Crippen molar-refractivity contribution in [1.29, 1.82) is 0 Å². The number of hydrogen-bond donors (Lipinski definition) is 2. The zero-order chi connectivity index (χ0) is 23.9. The largest absolute Gasteiger partial charge is 0.494 e. The molecule has 0 saturated carbocycles. The fourth-order valence-corrected chi connectivity index (χ4v) is 4.75. The highest BCUT2D eigenvalue weighted by atomic mass is 16.5. The quantitative estimate of drug-likeness (QED) is 0.552. The number of benzene rings is 3. The first-order chi connectivity index (χ1) is 16.4. The molecule has 176 valence electrons. The molecular weight excluding hydrogens is 428 g/mol. The molecule has 0 aromatic heterocycles. The summed E-state index contributed by atoms with van der Waals surface area (Å²) in [5.41, 5.74) is 3.81. The Balaban J connectivity index is 1.50. The minimum atomic E-state index is -0.802. The number of ether oxygens (including phenoxy) is 2. The van der Waals surface area contributed by atoms with Crippen LogP contribution in [0.3, 0.4) is 0 Å². The maximum absolute atomic E-state index is 12.9. The zero-order valence-electron chi connectivity index (χ0n) is 19.7. The predicted octanol–water partition coefficient (Wildman–Crippen LogP) is 4.86. The third-order valence-electron chi connectivity index (χ3n) is 6.55. The van der Waals surface area contributed by atoms with Crippen LogP contribution in [0.1, 0.15) is 43.5 Å². The van der Waals surface area contributed by atoms with Crippen molar-refractivity contribution in [2.24, 2.45) is 0 Å². The number of anilines is 2. The fourth-order valence-electron chi connectivity index (χ4n) is 4.75. The molecule has 2 N–H and O–H groups in total. The first-order valence-corrected chi connectivity index (χ1v) is 11.7. The molecule has 2 atom stereocenters. The molecule has 34 heavy (non-hydrogen) atoms. The molecule has 0 spiro atoms. The van der Waals surface area contributed by atoms with E-state index in [2.05, 4.69) is 5.32 Å². The van der Waals surface area contributed by atoms with Crippen LogP contribution in [0.25, 0.3) is 0 Å². The van der Waals surface area contributed by atoms with E-state index in [-0.39, 0.29) is 5.91 Å². The number of aliphatic hydroxyl groups is 1. The SMILES string of the molecule is CCOc1ccc(NC2c3cc4c(cc3OC(C)(C)C2O)CC(=O)N4Cc2ccccc2)cc1. The van der Waals surface area contributed by atoms with Crippen LogP contribution >= 0.6 is 0 Å². The van der Waals surface area contributed by atoms with E-state index in [4.69, 9.17) is 9.47 Å². The number of carbonyl (C=O) groups is 1. The Bertz CT molecular complexity index is 1190. The fraction of sp³-hybridized carbons (Fsp3) is 0.321. The van der Waals surface area contributed by atoms with Crippen LogP contribution in [0, 0.1) is 0 Å². The van der Waals surface area contributed by atoms with Gasteiger partial charge >= 0.3 is 0 Å². The van der Waals surface area contributed by atoms with Gasteiger partial charge in [-0.15, -0.1) is 0 Å². The van der Waals surface area contributed by atoms with Gasteiger partial charge in [-0.05, 0) is 68.3 Å². The van der Waals surface area contributed by atoms with E-state index < -0.39 is 17.7 Å². The van der Waals surface area contributed by atoms with Gasteiger partial charge in [0.05, 0.1) is 25.6 Å². The third-order valence-corrected chi connectivity index (χ3v) is 6.55. The average molecular weight is 459 g/mol. The second-order valence-electron chi connectivity index (χ2n) is 9.39. The van der Waals surface area contributed by atoms with Gasteiger partial charge in [0.15, 0.2) is 0 Å². The maximum atomic E-state index is 12.9. The van der Waals surface area contributed by atoms with Crippen LogP contribution in [0.15, 0.2) is 66.7 Å². The summed E-state index contributed by atoms with van der Waals surface area (Å²) < 4.78 is 11.8. The first kappa shape index (κ1) is 22.3. The van der Waals surface area contributed by atoms with Crippen molar-refractivity contribution in [2.45, 2.75) is 51.5 Å². The number of aliphatic hydroxyl groups excluding tert-OH is 1. The van der Waals surface area contributed by atoms with Crippen LogP contribution in [-0.2, 0) is 17.8 Å². The van der Waals surface area contributed by atoms with Crippen molar-refractivity contribution in [3.63, 3.8) is 0 Å². The van der Waals surface area contributed by atoms with Gasteiger partial charge in [0.25, 0.3) is 0 Å². The van der Waals surface area contributed by atoms with Crippen molar-refractivity contribution in [1.82, 2.24) is 0 Å². The summed E-state index contributed by atoms with van der Waals surface area (Å²) in [6, 6.07) is 21.2. The number of nitrogens with one attached hydrogen (secondary N) is 1. The lowest BCUT2D eigenvalue weighted by molar-refractivity contribution is -0.117. The van der Waals surface area contributed by atoms with Gasteiger partial charge in [-0.2, -0.15) is 0 Å². The smallest absolute Gasteiger partial charge is 0.231 e. The lowest BCUT2D eigenvalue weighted by Crippen LogP contribution is -2.50. The molecular formula is C28H30N2O4. The molecule has 0 radical (unpaired) electrons. The number of amides is 1. The summed E-state index contributed by atoms with van der Waals surface area (Å²) in [7, 11) is 0. The lowest BCUT2D eigenvalue weighted by atomic mass is 9.85. The van der Waals surface area contributed by atoms with Gasteiger partial charge in [0.2, 0.25) is 5.91 Å². The number of carbonyl (C=O) groups excluding carboxylic acids is 1. The molecule has 6 heteroatoms. The van der Waals surface area contributed by atoms with Crippen molar-refractivity contribution in [2.75, 3.05) is 16.8 Å². The Morgan fingerprint density at radius 2 is 1.85 bits per heavy atom. The summed E-state index contributed by atoms with van der Waals surface area (Å²) in [6.45, 7) is 6.84. The van der Waals surface area contributed by atoms with Gasteiger partial charge in [-0.25, -0.2) is 0 Å². The molecule has 5 rings (SSSR count). The molecule has 0 aliphatic carbocycles. The summed E-state index contributed by atoms with van der Waals surface area (Å²) >= 11 is 0. The van der Waals surface area contributed by atoms with Gasteiger partial charge in [-0.1, -0.05) is 30.3 Å². The topological polar surface area (TPSA) is 71.0 Å². The molecule has 2 aliphatic rings. The highest BCUT2D eigenvalue weighted by Crippen LogP contribution is 2.46. The van der Waals surface area contributed by atoms with E-state index in [0.717, 1.165) is 33.8 Å². The standard InChI is InChI=1S/C28H30N2O4/c1-4-33-21-12-10-20(11-13-21)29-26-22-16-23-19(14-24(22)34-28(2,3)27(26)32)15-25(31)30(23)17-18-8-6-5-7-9-18/h5-14,16,26-27,29,32H,4,15,17H2,1-3H3. The molecule has 0 bridgehead atoms. The van der Waals surface area contributed by atoms with Gasteiger partial charge in [0, 0.05) is 16.9 Å². The van der Waals surface area contributed by atoms with Crippen molar-refractivity contribution < 1.29 is 19.4 Å². The van der Waals surface area contributed by atoms with Crippen molar-refractivity contribution in [3.05, 3.63) is 83.4 Å². The molecule has 6 nitrogen and oxygen atoms in total.